The molecule has 0 heterocycles. The summed E-state index contributed by atoms with van der Waals surface area (Å²) in [5.74, 6) is 0.666. The van der Waals surface area contributed by atoms with Gasteiger partial charge >= 0.3 is 187 Å². The van der Waals surface area contributed by atoms with Crippen LogP contribution in [0.3, 0.4) is 0 Å². The fourth-order valence-electron chi connectivity index (χ4n) is 7.15. The van der Waals surface area contributed by atoms with Crippen molar-refractivity contribution >= 4 is 11.8 Å². The second kappa shape index (κ2) is 16.2. The predicted molar refractivity (Wildman–Crippen MR) is 181 cm³/mol. The van der Waals surface area contributed by atoms with Gasteiger partial charge < -0.3 is 0 Å². The zero-order valence-corrected chi connectivity index (χ0v) is 30.3. The van der Waals surface area contributed by atoms with E-state index in [1.165, 1.54) is 68.9 Å². The molecule has 1 nitrogen and oxygen atoms in total. The Balaban J connectivity index is 0.000000267. The largest absolute Gasteiger partial charge is 0.0622 e. The fraction of sp³-hybridized carbons (Fsp3) is 0.421. The first kappa shape index (κ1) is 32.1. The summed E-state index contributed by atoms with van der Waals surface area (Å²) < 4.78 is 9.19. The summed E-state index contributed by atoms with van der Waals surface area (Å²) >= 11 is -2.64. The topological polar surface area (TPSA) is 12.0 Å². The summed E-state index contributed by atoms with van der Waals surface area (Å²) in [6, 6.07) is 33.1. The molecule has 3 aromatic carbocycles. The quantitative estimate of drug-likeness (QED) is 0.264. The van der Waals surface area contributed by atoms with Crippen LogP contribution in [0.1, 0.15) is 85.5 Å². The SMILES string of the molecule is CC1=C(C)C(C)[C]([Zr]([CH3])([NH]C2CCCCCCCCC2)[SiH2]c2ccccc2)=C1C.c1ccc(-c2ccccc2)cc1. The van der Waals surface area contributed by atoms with Crippen LogP contribution >= 0.6 is 0 Å². The zero-order chi connectivity index (χ0) is 29.1. The maximum Gasteiger partial charge on any atom is -0.0184 e. The van der Waals surface area contributed by atoms with Gasteiger partial charge in [-0.25, -0.2) is 0 Å². The van der Waals surface area contributed by atoms with E-state index in [1.807, 2.05) is 15.4 Å². The Morgan fingerprint density at radius 3 is 1.49 bits per heavy atom. The van der Waals surface area contributed by atoms with E-state index in [4.69, 9.17) is 0 Å². The average Bonchev–Trinajstić information content (AvgIpc) is 3.20. The smallest absolute Gasteiger partial charge is 0.0184 e. The first-order valence-electron chi connectivity index (χ1n) is 16.2. The average molecular weight is 643 g/mol. The fourth-order valence-corrected chi connectivity index (χ4v) is 32.5. The molecule has 0 saturated heterocycles. The van der Waals surface area contributed by atoms with Crippen LogP contribution < -0.4 is 8.45 Å². The molecule has 3 heteroatoms. The van der Waals surface area contributed by atoms with Crippen LogP contribution in [0.2, 0.25) is 4.63 Å². The predicted octanol–water partition coefficient (Wildman–Crippen LogP) is 9.61. The molecule has 2 unspecified atom stereocenters. The van der Waals surface area contributed by atoms with Crippen molar-refractivity contribution in [2.45, 2.75) is 96.2 Å². The molecule has 0 aliphatic heterocycles. The summed E-state index contributed by atoms with van der Waals surface area (Å²) in [4.78, 5) is 0. The van der Waals surface area contributed by atoms with Crippen LogP contribution in [0.25, 0.3) is 11.1 Å². The molecule has 0 radical (unpaired) electrons. The molecule has 0 bridgehead atoms. The standard InChI is InChI=1S/C12H10.C10H20N.C9H13.C6H7Si.CH3.Zr/c1-3-7-11(8-4-1)12-9-5-2-6-10-12;11-10-8-6-4-2-1-3-5-7-9-10;1-6-5-7(2)9(4)8(6)3;7-6-4-2-1-3-5-6;;/h1-10H;10-11H,1-9H2;6H,1-4H3;1-5H,7H2;1H3;/q;-1;;;;+1. The number of nitrogens with one attached hydrogen (secondary N) is 1. The molecule has 0 aromatic heterocycles. The van der Waals surface area contributed by atoms with Gasteiger partial charge in [-0.05, 0) is 11.1 Å². The van der Waals surface area contributed by atoms with Crippen LogP contribution in [0, 0.1) is 5.92 Å². The van der Waals surface area contributed by atoms with Gasteiger partial charge in [0.1, 0.15) is 0 Å². The molecule has 3 aromatic rings. The molecular formula is C38H53NSiZr. The minimum absolute atomic E-state index is 0.298. The van der Waals surface area contributed by atoms with Crippen molar-refractivity contribution in [2.75, 3.05) is 0 Å². The van der Waals surface area contributed by atoms with Crippen LogP contribution in [0.5, 0.6) is 0 Å². The molecule has 218 valence electrons. The Morgan fingerprint density at radius 2 is 1.05 bits per heavy atom. The third kappa shape index (κ3) is 9.09. The van der Waals surface area contributed by atoms with E-state index in [-0.39, 0.29) is 6.65 Å². The van der Waals surface area contributed by atoms with Crippen molar-refractivity contribution in [3.05, 3.63) is 111 Å². The molecule has 1 saturated carbocycles. The van der Waals surface area contributed by atoms with Gasteiger partial charge in [-0.2, -0.15) is 0 Å². The number of allylic oxidation sites excluding steroid dienone is 4. The van der Waals surface area contributed by atoms with Crippen LogP contribution in [0.4, 0.5) is 0 Å². The van der Waals surface area contributed by atoms with E-state index in [0.29, 0.717) is 5.92 Å². The molecule has 0 amide bonds. The summed E-state index contributed by atoms with van der Waals surface area (Å²) in [5.41, 5.74) is 7.43. The van der Waals surface area contributed by atoms with Gasteiger partial charge in [0.25, 0.3) is 0 Å². The van der Waals surface area contributed by atoms with Crippen molar-refractivity contribution in [3.8, 4) is 11.1 Å². The first-order chi connectivity index (χ1) is 19.9. The van der Waals surface area contributed by atoms with E-state index in [9.17, 15) is 0 Å². The normalized spacial score (nSPS) is 20.6. The van der Waals surface area contributed by atoms with Crippen LogP contribution in [0.15, 0.2) is 111 Å². The molecular weight excluding hydrogens is 590 g/mol. The maximum absolute atomic E-state index is 4.53. The van der Waals surface area contributed by atoms with Crippen molar-refractivity contribution in [1.29, 1.82) is 0 Å². The van der Waals surface area contributed by atoms with E-state index in [0.717, 1.165) is 6.04 Å². The minimum Gasteiger partial charge on any atom is -0.0622 e. The number of hydrogen-bond donors (Lipinski definition) is 1. The first-order valence-corrected chi connectivity index (χ1v) is 27.7. The van der Waals surface area contributed by atoms with E-state index < -0.39 is 19.7 Å². The Hall–Kier alpha value is -1.80. The molecule has 2 atom stereocenters. The maximum atomic E-state index is 4.53. The van der Waals surface area contributed by atoms with Crippen LogP contribution in [-0.2, 0) is 19.7 Å². The Bertz CT molecular complexity index is 1220. The Morgan fingerprint density at radius 1 is 0.610 bits per heavy atom. The monoisotopic (exact) mass is 641 g/mol. The summed E-state index contributed by atoms with van der Waals surface area (Å²) in [7, 11) is 0. The van der Waals surface area contributed by atoms with Gasteiger partial charge in [0.2, 0.25) is 0 Å². The number of rotatable bonds is 6. The molecule has 2 aliphatic carbocycles. The molecule has 41 heavy (non-hydrogen) atoms. The van der Waals surface area contributed by atoms with Crippen molar-refractivity contribution < 1.29 is 19.7 Å². The minimum atomic E-state index is -2.64. The summed E-state index contributed by atoms with van der Waals surface area (Å²) in [6.07, 6.45) is 12.9. The van der Waals surface area contributed by atoms with E-state index in [1.54, 1.807) is 21.9 Å². The summed E-state index contributed by atoms with van der Waals surface area (Å²) in [6.45, 7) is 9.38. The van der Waals surface area contributed by atoms with Crippen LogP contribution in [-0.4, -0.2) is 12.7 Å². The van der Waals surface area contributed by atoms with Crippen molar-refractivity contribution in [2.24, 2.45) is 5.92 Å². The third-order valence-electron chi connectivity index (χ3n) is 9.64. The molecule has 0 spiro atoms. The molecule has 5 rings (SSSR count). The van der Waals surface area contributed by atoms with Crippen molar-refractivity contribution in [1.82, 2.24) is 3.26 Å². The van der Waals surface area contributed by atoms with Crippen molar-refractivity contribution in [3.63, 3.8) is 0 Å². The van der Waals surface area contributed by atoms with Gasteiger partial charge in [0.15, 0.2) is 0 Å². The van der Waals surface area contributed by atoms with Gasteiger partial charge in [-0.3, -0.25) is 0 Å². The number of hydrogen-bond acceptors (Lipinski definition) is 1. The molecule has 2 aliphatic rings. The van der Waals surface area contributed by atoms with Gasteiger partial charge in [-0.1, -0.05) is 60.7 Å². The zero-order valence-electron chi connectivity index (χ0n) is 26.4. The molecule has 1 fully saturated rings. The second-order valence-electron chi connectivity index (χ2n) is 12.7. The van der Waals surface area contributed by atoms with E-state index in [2.05, 4.69) is 114 Å². The number of benzene rings is 3. The van der Waals surface area contributed by atoms with Gasteiger partial charge in [0, 0.05) is 0 Å². The van der Waals surface area contributed by atoms with E-state index >= 15 is 0 Å². The third-order valence-corrected chi connectivity index (χ3v) is 30.4. The second-order valence-corrected chi connectivity index (χ2v) is 33.4. The summed E-state index contributed by atoms with van der Waals surface area (Å²) in [5, 5.41) is 1.67. The Kier molecular flexibility index (Phi) is 12.7. The Labute approximate surface area is 257 Å². The van der Waals surface area contributed by atoms with Gasteiger partial charge in [0.05, 0.1) is 0 Å². The molecule has 1 N–H and O–H groups in total. The van der Waals surface area contributed by atoms with Gasteiger partial charge in [-0.15, -0.1) is 0 Å².